The quantitative estimate of drug-likeness (QED) is 0.376. The molecule has 0 aliphatic carbocycles. The van der Waals surface area contributed by atoms with Crippen LogP contribution < -0.4 is 9.47 Å². The summed E-state index contributed by atoms with van der Waals surface area (Å²) in [6.45, 7) is 0.942. The van der Waals surface area contributed by atoms with E-state index in [1.54, 1.807) is 0 Å². The number of benzene rings is 4. The van der Waals surface area contributed by atoms with Crippen molar-refractivity contribution in [3.05, 3.63) is 107 Å². The van der Waals surface area contributed by atoms with E-state index in [0.29, 0.717) is 24.0 Å². The minimum absolute atomic E-state index is 0.451. The smallest absolute Gasteiger partial charge is 0.149 e. The van der Waals surface area contributed by atoms with Gasteiger partial charge in [0.25, 0.3) is 0 Å². The Hall–Kier alpha value is -2.97. The zero-order valence-electron chi connectivity index (χ0n) is 14.8. The predicted octanol–water partition coefficient (Wildman–Crippen LogP) is 6.65. The highest BCUT2D eigenvalue weighted by Gasteiger charge is 2.13. The van der Waals surface area contributed by atoms with E-state index >= 15 is 0 Å². The van der Waals surface area contributed by atoms with Crippen LogP contribution in [0.25, 0.3) is 10.8 Å². The fourth-order valence-electron chi connectivity index (χ4n) is 3.01. The van der Waals surface area contributed by atoms with Gasteiger partial charge in [-0.2, -0.15) is 0 Å². The van der Waals surface area contributed by atoms with E-state index in [9.17, 15) is 0 Å². The second-order valence-electron chi connectivity index (χ2n) is 6.28. The zero-order chi connectivity index (χ0) is 18.5. The zero-order valence-corrected chi connectivity index (χ0v) is 15.5. The Morgan fingerprint density at radius 1 is 0.593 bits per heavy atom. The summed E-state index contributed by atoms with van der Waals surface area (Å²) in [5.74, 6) is 1.42. The van der Waals surface area contributed by atoms with Crippen LogP contribution in [-0.4, -0.2) is 0 Å². The maximum atomic E-state index is 6.48. The van der Waals surface area contributed by atoms with Crippen molar-refractivity contribution in [1.82, 2.24) is 0 Å². The van der Waals surface area contributed by atoms with E-state index in [4.69, 9.17) is 21.1 Å². The highest BCUT2D eigenvalue weighted by molar-refractivity contribution is 6.33. The van der Waals surface area contributed by atoms with Gasteiger partial charge in [0.2, 0.25) is 0 Å². The summed E-state index contributed by atoms with van der Waals surface area (Å²) in [5, 5.41) is 2.51. The van der Waals surface area contributed by atoms with Gasteiger partial charge in [-0.3, -0.25) is 0 Å². The van der Waals surface area contributed by atoms with Gasteiger partial charge >= 0.3 is 0 Å². The standard InChI is InChI=1S/C24H19ClO2/c25-21-15-14-20-12-7-13-22(26-16-18-8-3-1-4-9-18)23(20)24(21)27-17-19-10-5-2-6-11-19/h1-15H,16-17H2. The summed E-state index contributed by atoms with van der Waals surface area (Å²) in [5.41, 5.74) is 2.21. The molecule has 0 N–H and O–H groups in total. The summed E-state index contributed by atoms with van der Waals surface area (Å²) in [7, 11) is 0. The molecule has 4 rings (SSSR count). The van der Waals surface area contributed by atoms with Crippen molar-refractivity contribution >= 4 is 22.4 Å². The monoisotopic (exact) mass is 374 g/mol. The molecule has 0 atom stereocenters. The van der Waals surface area contributed by atoms with Crippen molar-refractivity contribution in [2.75, 3.05) is 0 Å². The highest BCUT2D eigenvalue weighted by atomic mass is 35.5. The van der Waals surface area contributed by atoms with Crippen LogP contribution in [0.3, 0.4) is 0 Å². The average molecular weight is 375 g/mol. The lowest BCUT2D eigenvalue weighted by Crippen LogP contribution is -1.99. The molecule has 0 amide bonds. The van der Waals surface area contributed by atoms with Crippen LogP contribution in [0, 0.1) is 0 Å². The van der Waals surface area contributed by atoms with Crippen LogP contribution >= 0.6 is 11.6 Å². The van der Waals surface area contributed by atoms with E-state index in [0.717, 1.165) is 27.6 Å². The molecule has 3 heteroatoms. The lowest BCUT2D eigenvalue weighted by molar-refractivity contribution is 0.298. The van der Waals surface area contributed by atoms with Gasteiger partial charge in [-0.1, -0.05) is 90.5 Å². The molecule has 27 heavy (non-hydrogen) atoms. The second kappa shape index (κ2) is 8.15. The molecular weight excluding hydrogens is 356 g/mol. The molecule has 4 aromatic carbocycles. The molecule has 0 saturated heterocycles. The Balaban J connectivity index is 1.66. The number of fused-ring (bicyclic) bond motifs is 1. The van der Waals surface area contributed by atoms with Gasteiger partial charge in [-0.25, -0.2) is 0 Å². The minimum atomic E-state index is 0.451. The van der Waals surface area contributed by atoms with Crippen molar-refractivity contribution in [2.45, 2.75) is 13.2 Å². The van der Waals surface area contributed by atoms with Gasteiger partial charge < -0.3 is 9.47 Å². The van der Waals surface area contributed by atoms with E-state index in [-0.39, 0.29) is 0 Å². The van der Waals surface area contributed by atoms with Crippen LogP contribution in [0.5, 0.6) is 11.5 Å². The molecular formula is C24H19ClO2. The SMILES string of the molecule is Clc1ccc2cccc(OCc3ccccc3)c2c1OCc1ccccc1. The van der Waals surface area contributed by atoms with E-state index in [1.807, 2.05) is 91.0 Å². The third-order valence-electron chi connectivity index (χ3n) is 4.37. The van der Waals surface area contributed by atoms with Crippen LogP contribution in [-0.2, 0) is 13.2 Å². The molecule has 0 saturated carbocycles. The number of ether oxygens (including phenoxy) is 2. The Morgan fingerprint density at radius 3 is 1.89 bits per heavy atom. The summed E-state index contributed by atoms with van der Waals surface area (Å²) >= 11 is 6.48. The summed E-state index contributed by atoms with van der Waals surface area (Å²) in [6, 6.07) is 30.0. The van der Waals surface area contributed by atoms with Crippen LogP contribution in [0.15, 0.2) is 91.0 Å². The highest BCUT2D eigenvalue weighted by Crippen LogP contribution is 2.40. The van der Waals surface area contributed by atoms with E-state index < -0.39 is 0 Å². The van der Waals surface area contributed by atoms with Gasteiger partial charge in [0.05, 0.1) is 10.4 Å². The molecule has 0 spiro atoms. The molecule has 2 nitrogen and oxygen atoms in total. The Kier molecular flexibility index (Phi) is 5.27. The molecule has 0 heterocycles. The number of hydrogen-bond acceptors (Lipinski definition) is 2. The van der Waals surface area contributed by atoms with Gasteiger partial charge in [-0.05, 0) is 28.6 Å². The third-order valence-corrected chi connectivity index (χ3v) is 4.67. The summed E-state index contributed by atoms with van der Waals surface area (Å²) in [4.78, 5) is 0. The van der Waals surface area contributed by atoms with Crippen molar-refractivity contribution in [2.24, 2.45) is 0 Å². The van der Waals surface area contributed by atoms with Gasteiger partial charge in [-0.15, -0.1) is 0 Å². The first-order valence-electron chi connectivity index (χ1n) is 8.86. The summed E-state index contributed by atoms with van der Waals surface area (Å²) < 4.78 is 12.2. The van der Waals surface area contributed by atoms with E-state index in [2.05, 4.69) is 0 Å². The molecule has 134 valence electrons. The molecule has 4 aromatic rings. The van der Waals surface area contributed by atoms with Gasteiger partial charge in [0.15, 0.2) is 0 Å². The first-order chi connectivity index (χ1) is 13.3. The normalized spacial score (nSPS) is 10.7. The lowest BCUT2D eigenvalue weighted by atomic mass is 10.1. The van der Waals surface area contributed by atoms with Gasteiger partial charge in [0, 0.05) is 0 Å². The number of hydrogen-bond donors (Lipinski definition) is 0. The topological polar surface area (TPSA) is 18.5 Å². The average Bonchev–Trinajstić information content (AvgIpc) is 2.73. The van der Waals surface area contributed by atoms with Crippen molar-refractivity contribution in [3.63, 3.8) is 0 Å². The number of halogens is 1. The predicted molar refractivity (Wildman–Crippen MR) is 111 cm³/mol. The molecule has 0 aromatic heterocycles. The molecule has 0 aliphatic heterocycles. The van der Waals surface area contributed by atoms with Gasteiger partial charge in [0.1, 0.15) is 24.7 Å². The largest absolute Gasteiger partial charge is 0.488 e. The first-order valence-corrected chi connectivity index (χ1v) is 9.24. The van der Waals surface area contributed by atoms with E-state index in [1.165, 1.54) is 0 Å². The second-order valence-corrected chi connectivity index (χ2v) is 6.69. The summed E-state index contributed by atoms with van der Waals surface area (Å²) in [6.07, 6.45) is 0. The fourth-order valence-corrected chi connectivity index (χ4v) is 3.23. The molecule has 0 radical (unpaired) electrons. The number of rotatable bonds is 6. The minimum Gasteiger partial charge on any atom is -0.488 e. The Morgan fingerprint density at radius 2 is 1.22 bits per heavy atom. The fraction of sp³-hybridized carbons (Fsp3) is 0.0833. The molecule has 0 bridgehead atoms. The van der Waals surface area contributed by atoms with Crippen LogP contribution in [0.1, 0.15) is 11.1 Å². The van der Waals surface area contributed by atoms with Crippen molar-refractivity contribution < 1.29 is 9.47 Å². The third kappa shape index (κ3) is 4.07. The Labute approximate surface area is 163 Å². The lowest BCUT2D eigenvalue weighted by Gasteiger charge is -2.15. The Bertz CT molecular complexity index is 1030. The first kappa shape index (κ1) is 17.4. The maximum absolute atomic E-state index is 6.48. The maximum Gasteiger partial charge on any atom is 0.149 e. The van der Waals surface area contributed by atoms with Crippen molar-refractivity contribution in [3.8, 4) is 11.5 Å². The molecule has 0 fully saturated rings. The van der Waals surface area contributed by atoms with Crippen LogP contribution in [0.4, 0.5) is 0 Å². The van der Waals surface area contributed by atoms with Crippen molar-refractivity contribution in [1.29, 1.82) is 0 Å². The molecule has 0 aliphatic rings. The van der Waals surface area contributed by atoms with Crippen LogP contribution in [0.2, 0.25) is 5.02 Å². The molecule has 0 unspecified atom stereocenters.